The van der Waals surface area contributed by atoms with Gasteiger partial charge in [-0.25, -0.2) is 0 Å². The number of rotatable bonds is 3. The molecule has 1 aliphatic carbocycles. The second kappa shape index (κ2) is 5.50. The Labute approximate surface area is 109 Å². The van der Waals surface area contributed by atoms with Crippen LogP contribution in [0.1, 0.15) is 32.6 Å². The summed E-state index contributed by atoms with van der Waals surface area (Å²) < 4.78 is 0. The van der Waals surface area contributed by atoms with Gasteiger partial charge in [0.25, 0.3) is 0 Å². The SMILES string of the molecule is CC1(CNC(=S)Nc2ccccc2)CCCC1. The zero-order valence-electron chi connectivity index (χ0n) is 10.3. The fraction of sp³-hybridized carbons (Fsp3) is 0.500. The molecule has 1 fully saturated rings. The highest BCUT2D eigenvalue weighted by Crippen LogP contribution is 2.36. The maximum absolute atomic E-state index is 5.30. The van der Waals surface area contributed by atoms with E-state index in [9.17, 15) is 0 Å². The van der Waals surface area contributed by atoms with Crippen molar-refractivity contribution < 1.29 is 0 Å². The summed E-state index contributed by atoms with van der Waals surface area (Å²) >= 11 is 5.30. The monoisotopic (exact) mass is 248 g/mol. The first-order valence-electron chi connectivity index (χ1n) is 6.28. The molecule has 0 bridgehead atoms. The fourth-order valence-electron chi connectivity index (χ4n) is 2.40. The van der Waals surface area contributed by atoms with Crippen LogP contribution in [0.25, 0.3) is 0 Å². The molecule has 1 aromatic rings. The van der Waals surface area contributed by atoms with Crippen molar-refractivity contribution in [2.45, 2.75) is 32.6 Å². The van der Waals surface area contributed by atoms with Gasteiger partial charge in [0.15, 0.2) is 5.11 Å². The smallest absolute Gasteiger partial charge is 0.170 e. The maximum atomic E-state index is 5.30. The third kappa shape index (κ3) is 3.70. The normalized spacial score (nSPS) is 17.7. The number of nitrogens with one attached hydrogen (secondary N) is 2. The molecule has 1 aromatic carbocycles. The largest absolute Gasteiger partial charge is 0.362 e. The van der Waals surface area contributed by atoms with Gasteiger partial charge in [0.1, 0.15) is 0 Å². The zero-order chi connectivity index (χ0) is 12.1. The number of para-hydroxylation sites is 1. The molecule has 0 saturated heterocycles. The lowest BCUT2D eigenvalue weighted by atomic mass is 9.89. The Balaban J connectivity index is 1.78. The number of thiocarbonyl (C=S) groups is 1. The summed E-state index contributed by atoms with van der Waals surface area (Å²) in [7, 11) is 0. The van der Waals surface area contributed by atoms with Gasteiger partial charge in [-0.15, -0.1) is 0 Å². The molecule has 0 radical (unpaired) electrons. The minimum Gasteiger partial charge on any atom is -0.362 e. The van der Waals surface area contributed by atoms with Gasteiger partial charge in [-0.3, -0.25) is 0 Å². The first kappa shape index (κ1) is 12.4. The average molecular weight is 248 g/mol. The van der Waals surface area contributed by atoms with Crippen LogP contribution in [0.5, 0.6) is 0 Å². The van der Waals surface area contributed by atoms with E-state index < -0.39 is 0 Å². The minimum absolute atomic E-state index is 0.433. The Morgan fingerprint density at radius 2 is 1.88 bits per heavy atom. The molecule has 2 nitrogen and oxygen atoms in total. The fourth-order valence-corrected chi connectivity index (χ4v) is 2.59. The molecule has 0 unspecified atom stereocenters. The van der Waals surface area contributed by atoms with Crippen LogP contribution in [0.15, 0.2) is 30.3 Å². The van der Waals surface area contributed by atoms with Crippen molar-refractivity contribution in [3.8, 4) is 0 Å². The van der Waals surface area contributed by atoms with E-state index in [0.29, 0.717) is 5.41 Å². The second-order valence-corrected chi connectivity index (χ2v) is 5.60. The second-order valence-electron chi connectivity index (χ2n) is 5.19. The van der Waals surface area contributed by atoms with E-state index in [2.05, 4.69) is 17.6 Å². The van der Waals surface area contributed by atoms with Crippen molar-refractivity contribution in [2.75, 3.05) is 11.9 Å². The van der Waals surface area contributed by atoms with Crippen molar-refractivity contribution >= 4 is 23.0 Å². The zero-order valence-corrected chi connectivity index (χ0v) is 11.1. The highest BCUT2D eigenvalue weighted by molar-refractivity contribution is 7.80. The van der Waals surface area contributed by atoms with Gasteiger partial charge >= 0.3 is 0 Å². The third-order valence-electron chi connectivity index (χ3n) is 3.52. The van der Waals surface area contributed by atoms with E-state index in [-0.39, 0.29) is 0 Å². The molecule has 0 aromatic heterocycles. The Hall–Kier alpha value is -1.09. The van der Waals surface area contributed by atoms with Gasteiger partial charge in [0.05, 0.1) is 0 Å². The Bertz CT molecular complexity index is 369. The molecule has 1 aliphatic rings. The van der Waals surface area contributed by atoms with Gasteiger partial charge in [-0.05, 0) is 42.6 Å². The van der Waals surface area contributed by atoms with Crippen LogP contribution in [-0.2, 0) is 0 Å². The molecule has 92 valence electrons. The number of benzene rings is 1. The molecule has 2 rings (SSSR count). The lowest BCUT2D eigenvalue weighted by Crippen LogP contribution is -2.36. The molecule has 17 heavy (non-hydrogen) atoms. The van der Waals surface area contributed by atoms with Gasteiger partial charge in [0.2, 0.25) is 0 Å². The molecule has 2 N–H and O–H groups in total. The average Bonchev–Trinajstić information content (AvgIpc) is 2.76. The topological polar surface area (TPSA) is 24.1 Å². The summed E-state index contributed by atoms with van der Waals surface area (Å²) in [5.74, 6) is 0. The molecular weight excluding hydrogens is 228 g/mol. The summed E-state index contributed by atoms with van der Waals surface area (Å²) in [6.07, 6.45) is 5.34. The standard InChI is InChI=1S/C14H20N2S/c1-14(9-5-6-10-14)11-15-13(17)16-12-7-3-2-4-8-12/h2-4,7-8H,5-6,9-11H2,1H3,(H2,15,16,17). The van der Waals surface area contributed by atoms with Gasteiger partial charge < -0.3 is 10.6 Å². The first-order valence-corrected chi connectivity index (χ1v) is 6.69. The minimum atomic E-state index is 0.433. The van der Waals surface area contributed by atoms with Crippen molar-refractivity contribution in [3.63, 3.8) is 0 Å². The summed E-state index contributed by atoms with van der Waals surface area (Å²) in [5, 5.41) is 7.26. The number of anilines is 1. The summed E-state index contributed by atoms with van der Waals surface area (Å²) in [6, 6.07) is 10.0. The van der Waals surface area contributed by atoms with Crippen LogP contribution in [0.2, 0.25) is 0 Å². The lowest BCUT2D eigenvalue weighted by Gasteiger charge is -2.24. The molecule has 0 heterocycles. The molecule has 0 aliphatic heterocycles. The third-order valence-corrected chi connectivity index (χ3v) is 3.76. The Kier molecular flexibility index (Phi) is 4.00. The van der Waals surface area contributed by atoms with E-state index in [0.717, 1.165) is 17.3 Å². The Morgan fingerprint density at radius 1 is 1.24 bits per heavy atom. The predicted molar refractivity (Wildman–Crippen MR) is 77.2 cm³/mol. The number of hydrogen-bond acceptors (Lipinski definition) is 1. The van der Waals surface area contributed by atoms with Crippen LogP contribution in [0.4, 0.5) is 5.69 Å². The van der Waals surface area contributed by atoms with E-state index >= 15 is 0 Å². The first-order chi connectivity index (χ1) is 8.18. The highest BCUT2D eigenvalue weighted by atomic mass is 32.1. The van der Waals surface area contributed by atoms with Gasteiger partial charge in [-0.1, -0.05) is 38.0 Å². The molecule has 0 atom stereocenters. The van der Waals surface area contributed by atoms with Gasteiger partial charge in [-0.2, -0.15) is 0 Å². The van der Waals surface area contributed by atoms with E-state index in [4.69, 9.17) is 12.2 Å². The van der Waals surface area contributed by atoms with Crippen LogP contribution in [0.3, 0.4) is 0 Å². The quantitative estimate of drug-likeness (QED) is 0.800. The van der Waals surface area contributed by atoms with E-state index in [1.54, 1.807) is 0 Å². The lowest BCUT2D eigenvalue weighted by molar-refractivity contribution is 0.336. The van der Waals surface area contributed by atoms with E-state index in [1.807, 2.05) is 30.3 Å². The summed E-state index contributed by atoms with van der Waals surface area (Å²) in [6.45, 7) is 3.32. The van der Waals surface area contributed by atoms with Crippen LogP contribution >= 0.6 is 12.2 Å². The summed E-state index contributed by atoms with van der Waals surface area (Å²) in [4.78, 5) is 0. The summed E-state index contributed by atoms with van der Waals surface area (Å²) in [5.41, 5.74) is 1.48. The van der Waals surface area contributed by atoms with Gasteiger partial charge in [0, 0.05) is 12.2 Å². The Morgan fingerprint density at radius 3 is 2.53 bits per heavy atom. The predicted octanol–water partition coefficient (Wildman–Crippen LogP) is 3.55. The molecule has 1 saturated carbocycles. The van der Waals surface area contributed by atoms with Crippen LogP contribution in [0, 0.1) is 5.41 Å². The van der Waals surface area contributed by atoms with Crippen LogP contribution in [-0.4, -0.2) is 11.7 Å². The highest BCUT2D eigenvalue weighted by Gasteiger charge is 2.28. The van der Waals surface area contributed by atoms with Crippen molar-refractivity contribution in [2.24, 2.45) is 5.41 Å². The molecular formula is C14H20N2S. The van der Waals surface area contributed by atoms with Crippen LogP contribution < -0.4 is 10.6 Å². The molecule has 0 amide bonds. The van der Waals surface area contributed by atoms with Crippen molar-refractivity contribution in [1.82, 2.24) is 5.32 Å². The van der Waals surface area contributed by atoms with E-state index in [1.165, 1.54) is 25.7 Å². The molecule has 0 spiro atoms. The van der Waals surface area contributed by atoms with Crippen molar-refractivity contribution in [1.29, 1.82) is 0 Å². The molecule has 3 heteroatoms. The number of hydrogen-bond donors (Lipinski definition) is 2. The maximum Gasteiger partial charge on any atom is 0.170 e. The van der Waals surface area contributed by atoms with Crippen molar-refractivity contribution in [3.05, 3.63) is 30.3 Å².